The molecule has 19 heavy (non-hydrogen) atoms. The van der Waals surface area contributed by atoms with Crippen LogP contribution in [0, 0.1) is 5.82 Å². The number of hydrogen-bond acceptors (Lipinski definition) is 3. The van der Waals surface area contributed by atoms with Gasteiger partial charge in [-0.2, -0.15) is 0 Å². The lowest BCUT2D eigenvalue weighted by atomic mass is 9.90. The molecule has 0 unspecified atom stereocenters. The SMILES string of the molecule is CN(c1ccc(F)cc1C(N)=O)C1CCC(N)CC1. The second-order valence-electron chi connectivity index (χ2n) is 5.21. The van der Waals surface area contributed by atoms with Gasteiger partial charge >= 0.3 is 0 Å². The molecule has 104 valence electrons. The molecular weight excluding hydrogens is 245 g/mol. The van der Waals surface area contributed by atoms with Gasteiger partial charge < -0.3 is 16.4 Å². The minimum absolute atomic E-state index is 0.234. The summed E-state index contributed by atoms with van der Waals surface area (Å²) in [5.74, 6) is -1.05. The second kappa shape index (κ2) is 5.57. The van der Waals surface area contributed by atoms with Crippen LogP contribution in [0.15, 0.2) is 18.2 Å². The Labute approximate surface area is 112 Å². The fourth-order valence-electron chi connectivity index (χ4n) is 2.70. The van der Waals surface area contributed by atoms with Crippen molar-refractivity contribution in [2.75, 3.05) is 11.9 Å². The molecule has 1 aromatic rings. The highest BCUT2D eigenvalue weighted by Gasteiger charge is 2.24. The zero-order valence-electron chi connectivity index (χ0n) is 11.1. The molecule has 5 heteroatoms. The fraction of sp³-hybridized carbons (Fsp3) is 0.500. The third kappa shape index (κ3) is 3.04. The average Bonchev–Trinajstić information content (AvgIpc) is 2.38. The lowest BCUT2D eigenvalue weighted by molar-refractivity contribution is 0.1000. The van der Waals surface area contributed by atoms with Gasteiger partial charge in [-0.15, -0.1) is 0 Å². The van der Waals surface area contributed by atoms with Crippen molar-refractivity contribution in [2.45, 2.75) is 37.8 Å². The van der Waals surface area contributed by atoms with Gasteiger partial charge in [-0.25, -0.2) is 4.39 Å². The van der Waals surface area contributed by atoms with Crippen LogP contribution < -0.4 is 16.4 Å². The number of hydrogen-bond donors (Lipinski definition) is 2. The quantitative estimate of drug-likeness (QED) is 0.872. The molecule has 2 rings (SSSR count). The summed E-state index contributed by atoms with van der Waals surface area (Å²) in [5, 5.41) is 0. The summed E-state index contributed by atoms with van der Waals surface area (Å²) in [6.07, 6.45) is 3.91. The maximum atomic E-state index is 13.2. The maximum Gasteiger partial charge on any atom is 0.250 e. The number of halogens is 1. The number of rotatable bonds is 3. The standard InChI is InChI=1S/C14H20FN3O/c1-18(11-5-3-10(16)4-6-11)13-7-2-9(15)8-12(13)14(17)19/h2,7-8,10-11H,3-6,16H2,1H3,(H2,17,19). The molecule has 1 saturated carbocycles. The molecule has 0 spiro atoms. The van der Waals surface area contributed by atoms with Gasteiger partial charge in [0.25, 0.3) is 5.91 Å². The summed E-state index contributed by atoms with van der Waals surface area (Å²) in [6.45, 7) is 0. The van der Waals surface area contributed by atoms with E-state index in [0.717, 1.165) is 25.7 Å². The van der Waals surface area contributed by atoms with Gasteiger partial charge in [0.2, 0.25) is 0 Å². The van der Waals surface area contributed by atoms with Crippen molar-refractivity contribution in [2.24, 2.45) is 11.5 Å². The van der Waals surface area contributed by atoms with E-state index in [4.69, 9.17) is 11.5 Å². The highest BCUT2D eigenvalue weighted by molar-refractivity contribution is 5.98. The van der Waals surface area contributed by atoms with Crippen LogP contribution in [0.3, 0.4) is 0 Å². The van der Waals surface area contributed by atoms with Crippen LogP contribution in [0.4, 0.5) is 10.1 Å². The molecule has 0 bridgehead atoms. The Morgan fingerprint density at radius 1 is 1.32 bits per heavy atom. The molecule has 0 aromatic heterocycles. The third-order valence-corrected chi connectivity index (χ3v) is 3.89. The van der Waals surface area contributed by atoms with Crippen molar-refractivity contribution in [1.82, 2.24) is 0 Å². The Morgan fingerprint density at radius 3 is 2.53 bits per heavy atom. The molecule has 1 fully saturated rings. The van der Waals surface area contributed by atoms with Crippen molar-refractivity contribution in [3.05, 3.63) is 29.6 Å². The first-order valence-corrected chi connectivity index (χ1v) is 6.57. The zero-order chi connectivity index (χ0) is 14.0. The number of amides is 1. The highest BCUT2D eigenvalue weighted by atomic mass is 19.1. The largest absolute Gasteiger partial charge is 0.371 e. The molecule has 0 radical (unpaired) electrons. The summed E-state index contributed by atoms with van der Waals surface area (Å²) < 4.78 is 13.2. The van der Waals surface area contributed by atoms with E-state index in [-0.39, 0.29) is 11.6 Å². The molecule has 4 nitrogen and oxygen atoms in total. The van der Waals surface area contributed by atoms with E-state index in [0.29, 0.717) is 11.7 Å². The summed E-state index contributed by atoms with van der Waals surface area (Å²) in [6, 6.07) is 4.76. The molecule has 1 aliphatic carbocycles. The summed E-state index contributed by atoms with van der Waals surface area (Å²) in [5.41, 5.74) is 12.1. The highest BCUT2D eigenvalue weighted by Crippen LogP contribution is 2.28. The van der Waals surface area contributed by atoms with Crippen LogP contribution in [-0.2, 0) is 0 Å². The predicted octanol–water partition coefficient (Wildman–Crippen LogP) is 1.63. The van der Waals surface area contributed by atoms with E-state index in [9.17, 15) is 9.18 Å². The van der Waals surface area contributed by atoms with Crippen LogP contribution in [0.5, 0.6) is 0 Å². The molecule has 0 aliphatic heterocycles. The minimum Gasteiger partial charge on any atom is -0.371 e. The van der Waals surface area contributed by atoms with E-state index in [2.05, 4.69) is 0 Å². The van der Waals surface area contributed by atoms with Crippen LogP contribution in [0.1, 0.15) is 36.0 Å². The lowest BCUT2D eigenvalue weighted by Crippen LogP contribution is -2.39. The fourth-order valence-corrected chi connectivity index (χ4v) is 2.70. The number of nitrogens with zero attached hydrogens (tertiary/aromatic N) is 1. The molecule has 1 amide bonds. The van der Waals surface area contributed by atoms with E-state index in [1.807, 2.05) is 11.9 Å². The van der Waals surface area contributed by atoms with Crippen LogP contribution >= 0.6 is 0 Å². The first-order valence-electron chi connectivity index (χ1n) is 6.57. The predicted molar refractivity (Wildman–Crippen MR) is 73.6 cm³/mol. The van der Waals surface area contributed by atoms with Gasteiger partial charge in [0.1, 0.15) is 5.82 Å². The number of carbonyl (C=O) groups is 1. The maximum absolute atomic E-state index is 13.2. The number of primary amides is 1. The summed E-state index contributed by atoms with van der Waals surface area (Å²) >= 11 is 0. The lowest BCUT2D eigenvalue weighted by Gasteiger charge is -2.35. The van der Waals surface area contributed by atoms with Gasteiger partial charge in [-0.05, 0) is 43.9 Å². The number of benzene rings is 1. The van der Waals surface area contributed by atoms with E-state index >= 15 is 0 Å². The number of anilines is 1. The molecular formula is C14H20FN3O. The van der Waals surface area contributed by atoms with Crippen LogP contribution in [0.2, 0.25) is 0 Å². The molecule has 0 heterocycles. The zero-order valence-corrected chi connectivity index (χ0v) is 11.1. The molecule has 0 saturated heterocycles. The smallest absolute Gasteiger partial charge is 0.250 e. The second-order valence-corrected chi connectivity index (χ2v) is 5.21. The van der Waals surface area contributed by atoms with Crippen molar-refractivity contribution >= 4 is 11.6 Å². The third-order valence-electron chi connectivity index (χ3n) is 3.89. The Kier molecular flexibility index (Phi) is 4.04. The van der Waals surface area contributed by atoms with E-state index in [1.165, 1.54) is 12.1 Å². The summed E-state index contributed by atoms with van der Waals surface area (Å²) in [4.78, 5) is 13.4. The molecule has 4 N–H and O–H groups in total. The first-order chi connectivity index (χ1) is 8.99. The van der Waals surface area contributed by atoms with E-state index in [1.54, 1.807) is 6.07 Å². The van der Waals surface area contributed by atoms with Crippen LogP contribution in [0.25, 0.3) is 0 Å². The van der Waals surface area contributed by atoms with Crippen LogP contribution in [-0.4, -0.2) is 25.0 Å². The van der Waals surface area contributed by atoms with Gasteiger partial charge in [0.15, 0.2) is 0 Å². The monoisotopic (exact) mass is 265 g/mol. The average molecular weight is 265 g/mol. The van der Waals surface area contributed by atoms with Crippen molar-refractivity contribution in [1.29, 1.82) is 0 Å². The van der Waals surface area contributed by atoms with Gasteiger partial charge in [-0.1, -0.05) is 0 Å². The number of carbonyl (C=O) groups excluding carboxylic acids is 1. The Morgan fingerprint density at radius 2 is 1.95 bits per heavy atom. The Bertz CT molecular complexity index is 470. The Balaban J connectivity index is 2.23. The summed E-state index contributed by atoms with van der Waals surface area (Å²) in [7, 11) is 1.92. The Hall–Kier alpha value is -1.62. The minimum atomic E-state index is -0.603. The molecule has 1 aromatic carbocycles. The molecule has 1 aliphatic rings. The van der Waals surface area contributed by atoms with Crippen molar-refractivity contribution in [3.63, 3.8) is 0 Å². The van der Waals surface area contributed by atoms with Crippen molar-refractivity contribution < 1.29 is 9.18 Å². The normalized spacial score (nSPS) is 23.1. The van der Waals surface area contributed by atoms with E-state index < -0.39 is 11.7 Å². The topological polar surface area (TPSA) is 72.3 Å². The van der Waals surface area contributed by atoms with Crippen molar-refractivity contribution in [3.8, 4) is 0 Å². The number of nitrogens with two attached hydrogens (primary N) is 2. The van der Waals surface area contributed by atoms with Gasteiger partial charge in [0, 0.05) is 24.8 Å². The molecule has 0 atom stereocenters. The first kappa shape index (κ1) is 13.8. The van der Waals surface area contributed by atoms with Gasteiger partial charge in [-0.3, -0.25) is 4.79 Å². The van der Waals surface area contributed by atoms with Gasteiger partial charge in [0.05, 0.1) is 5.56 Å².